The molecule has 0 aromatic heterocycles. The highest BCUT2D eigenvalue weighted by Crippen LogP contribution is 2.17. The first-order valence-corrected chi connectivity index (χ1v) is 27.0. The number of carboxylic acid groups (broad SMARTS) is 1. The fourth-order valence-corrected chi connectivity index (χ4v) is 8.43. The number of amides is 5. The van der Waals surface area contributed by atoms with E-state index >= 15 is 0 Å². The van der Waals surface area contributed by atoms with Crippen molar-refractivity contribution in [2.75, 3.05) is 67.5 Å². The lowest BCUT2D eigenvalue weighted by atomic mass is 10.0. The Bertz CT molecular complexity index is 1220. The van der Waals surface area contributed by atoms with Crippen molar-refractivity contribution in [3.8, 4) is 0 Å². The molecule has 13 nitrogen and oxygen atoms in total. The molecule has 0 aliphatic carbocycles. The zero-order chi connectivity index (χ0) is 49.0. The number of aliphatic carboxylic acids is 1. The van der Waals surface area contributed by atoms with Crippen LogP contribution >= 0.6 is 0 Å². The van der Waals surface area contributed by atoms with Crippen molar-refractivity contribution in [3.63, 3.8) is 0 Å². The van der Waals surface area contributed by atoms with Gasteiger partial charge >= 0.3 is 5.97 Å². The molecule has 0 aliphatic rings. The van der Waals surface area contributed by atoms with E-state index in [9.17, 15) is 33.9 Å². The predicted molar refractivity (Wildman–Crippen MR) is 271 cm³/mol. The minimum absolute atomic E-state index is 0.0526. The minimum atomic E-state index is -1.05. The summed E-state index contributed by atoms with van der Waals surface area (Å²) in [5.41, 5.74) is 0. The van der Waals surface area contributed by atoms with Gasteiger partial charge in [0.1, 0.15) is 6.04 Å². The van der Waals surface area contributed by atoms with Crippen molar-refractivity contribution in [2.24, 2.45) is 0 Å². The number of likely N-dealkylation sites (N-methyl/N-ethyl adjacent to an activating group) is 4. The Kier molecular flexibility index (Phi) is 42.1. The lowest BCUT2D eigenvalue weighted by Gasteiger charge is -2.29. The van der Waals surface area contributed by atoms with Gasteiger partial charge < -0.3 is 35.3 Å². The molecule has 0 aromatic rings. The van der Waals surface area contributed by atoms with Crippen LogP contribution in [0.2, 0.25) is 0 Å². The Hall–Kier alpha value is -3.22. The molecule has 5 amide bonds. The Morgan fingerprint density at radius 1 is 0.439 bits per heavy atom. The Labute approximate surface area is 404 Å². The second-order valence-electron chi connectivity index (χ2n) is 19.3. The summed E-state index contributed by atoms with van der Waals surface area (Å²) in [6, 6.07) is -1.03. The normalized spacial score (nSPS) is 11.6. The average molecular weight is 935 g/mol. The largest absolute Gasteiger partial charge is 0.481 e. The molecule has 386 valence electrons. The summed E-state index contributed by atoms with van der Waals surface area (Å²) < 4.78 is 0. The number of carboxylic acids is 1. The van der Waals surface area contributed by atoms with Gasteiger partial charge in [-0.25, -0.2) is 0 Å². The van der Waals surface area contributed by atoms with Crippen LogP contribution in [0.4, 0.5) is 0 Å². The zero-order valence-corrected chi connectivity index (χ0v) is 43.5. The van der Waals surface area contributed by atoms with E-state index in [1.165, 1.54) is 203 Å². The Morgan fingerprint density at radius 2 is 0.742 bits per heavy atom. The first-order chi connectivity index (χ1) is 31.9. The summed E-state index contributed by atoms with van der Waals surface area (Å²) in [5, 5.41) is 15.1. The maximum atomic E-state index is 14.2. The van der Waals surface area contributed by atoms with Crippen LogP contribution in [0.15, 0.2) is 0 Å². The second-order valence-corrected chi connectivity index (χ2v) is 19.3. The van der Waals surface area contributed by atoms with Crippen LogP contribution in [0.5, 0.6) is 0 Å². The lowest BCUT2D eigenvalue weighted by molar-refractivity contribution is -0.143. The molecule has 0 rings (SSSR count). The van der Waals surface area contributed by atoms with Crippen molar-refractivity contribution < 1.29 is 33.9 Å². The summed E-state index contributed by atoms with van der Waals surface area (Å²) >= 11 is 0. The number of nitrogens with one attached hydrogen (secondary N) is 2. The van der Waals surface area contributed by atoms with Crippen molar-refractivity contribution >= 4 is 35.5 Å². The van der Waals surface area contributed by atoms with Crippen LogP contribution in [0, 0.1) is 0 Å². The molecule has 0 saturated heterocycles. The molecule has 0 aliphatic heterocycles. The van der Waals surface area contributed by atoms with E-state index < -0.39 is 29.7 Å². The van der Waals surface area contributed by atoms with E-state index in [1.807, 2.05) is 4.90 Å². The third kappa shape index (κ3) is 36.8. The van der Waals surface area contributed by atoms with E-state index in [4.69, 9.17) is 0 Å². The van der Waals surface area contributed by atoms with E-state index in [0.29, 0.717) is 13.1 Å². The molecule has 3 N–H and O–H groups in total. The standard InChI is InChI=1S/C53H102N6O7/c1-7-9-11-13-15-17-19-21-23-25-27-29-31-33-35-37-41-59(42-38-36-34-32-30-28-26-24-22-20-18-16-14-12-10-8-2)53(66)47(39-40-52(64)65)55-48(60)44-56(4)50(62)46-58(6)51(63)45-57(5)49(61)43-54-3/h47,54H,7-46H2,1-6H3,(H,55,60)(H,64,65)/t47-/m0/s1. The number of carbonyl (C=O) groups excluding carboxylic acids is 5. The third-order valence-electron chi connectivity index (χ3n) is 12.9. The molecule has 0 radical (unpaired) electrons. The third-order valence-corrected chi connectivity index (χ3v) is 12.9. The van der Waals surface area contributed by atoms with Crippen LogP contribution in [0.25, 0.3) is 0 Å². The van der Waals surface area contributed by atoms with Gasteiger partial charge in [0.25, 0.3) is 0 Å². The second kappa shape index (κ2) is 44.3. The fraction of sp³-hybridized carbons (Fsp3) is 0.887. The molecule has 13 heteroatoms. The number of rotatable bonds is 47. The highest BCUT2D eigenvalue weighted by molar-refractivity contribution is 5.92. The van der Waals surface area contributed by atoms with Crippen LogP contribution in [0.3, 0.4) is 0 Å². The van der Waals surface area contributed by atoms with Crippen LogP contribution in [-0.4, -0.2) is 134 Å². The molecule has 66 heavy (non-hydrogen) atoms. The Morgan fingerprint density at radius 3 is 1.06 bits per heavy atom. The molecule has 0 heterocycles. The molecule has 0 saturated carbocycles. The van der Waals surface area contributed by atoms with Gasteiger partial charge in [-0.3, -0.25) is 28.8 Å². The molecule has 1 atom stereocenters. The summed E-state index contributed by atoms with van der Waals surface area (Å²) in [4.78, 5) is 82.4. The van der Waals surface area contributed by atoms with Gasteiger partial charge in [0.15, 0.2) is 0 Å². The van der Waals surface area contributed by atoms with E-state index in [2.05, 4.69) is 24.5 Å². The molecule has 0 fully saturated rings. The summed E-state index contributed by atoms with van der Waals surface area (Å²) in [5.74, 6) is -3.09. The van der Waals surface area contributed by atoms with Crippen molar-refractivity contribution in [1.82, 2.24) is 30.2 Å². The van der Waals surface area contributed by atoms with Crippen LogP contribution < -0.4 is 10.6 Å². The quantitative estimate of drug-likeness (QED) is 0.0509. The molecular weight excluding hydrogens is 833 g/mol. The topological polar surface area (TPSA) is 160 Å². The number of hydrogen-bond donors (Lipinski definition) is 3. The van der Waals surface area contributed by atoms with Gasteiger partial charge in [-0.15, -0.1) is 0 Å². The summed E-state index contributed by atoms with van der Waals surface area (Å²) in [6.45, 7) is 4.86. The van der Waals surface area contributed by atoms with Crippen molar-refractivity contribution in [1.29, 1.82) is 0 Å². The molecule has 0 unspecified atom stereocenters. The van der Waals surface area contributed by atoms with Gasteiger partial charge in [-0.2, -0.15) is 0 Å². The average Bonchev–Trinajstić information content (AvgIpc) is 3.28. The minimum Gasteiger partial charge on any atom is -0.481 e. The van der Waals surface area contributed by atoms with Gasteiger partial charge in [0.05, 0.1) is 26.2 Å². The highest BCUT2D eigenvalue weighted by atomic mass is 16.4. The Balaban J connectivity index is 5.14. The van der Waals surface area contributed by atoms with Crippen molar-refractivity contribution in [3.05, 3.63) is 0 Å². The first kappa shape index (κ1) is 62.8. The summed E-state index contributed by atoms with van der Waals surface area (Å²) in [6.07, 6.45) is 40.1. The van der Waals surface area contributed by atoms with Crippen molar-refractivity contribution in [2.45, 2.75) is 238 Å². The number of carbonyl (C=O) groups is 6. The monoisotopic (exact) mass is 935 g/mol. The molecule has 0 bridgehead atoms. The lowest BCUT2D eigenvalue weighted by Crippen LogP contribution is -2.52. The van der Waals surface area contributed by atoms with Gasteiger partial charge in [0.2, 0.25) is 29.5 Å². The smallest absolute Gasteiger partial charge is 0.303 e. The fourth-order valence-electron chi connectivity index (χ4n) is 8.43. The van der Waals surface area contributed by atoms with E-state index in [-0.39, 0.29) is 50.8 Å². The number of hydrogen-bond acceptors (Lipinski definition) is 7. The SMILES string of the molecule is CCCCCCCCCCCCCCCCCCN(CCCCCCCCCCCCCCCCCC)C(=O)[C@H](CCC(=O)O)NC(=O)CN(C)C(=O)CN(C)C(=O)CN(C)C(=O)CNC. The van der Waals surface area contributed by atoms with Gasteiger partial charge in [-0.1, -0.05) is 206 Å². The maximum absolute atomic E-state index is 14.2. The maximum Gasteiger partial charge on any atom is 0.303 e. The molecule has 0 spiro atoms. The number of unbranched alkanes of at least 4 members (excludes halogenated alkanes) is 30. The predicted octanol–water partition coefficient (Wildman–Crippen LogP) is 10.3. The van der Waals surface area contributed by atoms with Gasteiger partial charge in [0, 0.05) is 40.7 Å². The molecule has 0 aromatic carbocycles. The van der Waals surface area contributed by atoms with E-state index in [0.717, 1.165) is 38.5 Å². The zero-order valence-electron chi connectivity index (χ0n) is 43.5. The van der Waals surface area contributed by atoms with Gasteiger partial charge in [-0.05, 0) is 26.3 Å². The van der Waals surface area contributed by atoms with Crippen LogP contribution in [0.1, 0.15) is 232 Å². The number of nitrogens with zero attached hydrogens (tertiary/aromatic N) is 4. The summed E-state index contributed by atoms with van der Waals surface area (Å²) in [7, 11) is 6.04. The molecular formula is C53H102N6O7. The highest BCUT2D eigenvalue weighted by Gasteiger charge is 2.28. The first-order valence-electron chi connectivity index (χ1n) is 27.0. The van der Waals surface area contributed by atoms with Crippen LogP contribution in [-0.2, 0) is 28.8 Å². The van der Waals surface area contributed by atoms with E-state index in [1.54, 1.807) is 7.05 Å².